The Kier molecular flexibility index (Phi) is 4.28. The van der Waals surface area contributed by atoms with E-state index in [4.69, 9.17) is 0 Å². The lowest BCUT2D eigenvalue weighted by Gasteiger charge is -2.18. The Balaban J connectivity index is 1.89. The van der Waals surface area contributed by atoms with Crippen LogP contribution in [0.5, 0.6) is 0 Å². The highest BCUT2D eigenvalue weighted by molar-refractivity contribution is 9.10. The smallest absolute Gasteiger partial charge is 0.238 e. The normalized spacial score (nSPS) is 23.6. The summed E-state index contributed by atoms with van der Waals surface area (Å²) in [5.74, 6) is -0.0422. The number of β-amino-alcohol motifs (C(OH)–C–C–N with tert-alkyl or cyclic N) is 1. The van der Waals surface area contributed by atoms with E-state index in [0.29, 0.717) is 13.1 Å². The monoisotopic (exact) mass is 326 g/mol. The summed E-state index contributed by atoms with van der Waals surface area (Å²) >= 11 is 3.43. The third kappa shape index (κ3) is 4.03. The lowest BCUT2D eigenvalue weighted by atomic mass is 10.1. The van der Waals surface area contributed by atoms with E-state index in [1.807, 2.05) is 36.9 Å². The fourth-order valence-electron chi connectivity index (χ4n) is 2.30. The van der Waals surface area contributed by atoms with Gasteiger partial charge in [-0.05, 0) is 44.0 Å². The van der Waals surface area contributed by atoms with Gasteiger partial charge in [0.2, 0.25) is 5.91 Å². The molecule has 1 aliphatic rings. The van der Waals surface area contributed by atoms with Crippen LogP contribution < -0.4 is 5.32 Å². The van der Waals surface area contributed by atoms with E-state index in [1.165, 1.54) is 0 Å². The van der Waals surface area contributed by atoms with Crippen LogP contribution in [0, 0.1) is 6.92 Å². The number of hydrogen-bond donors (Lipinski definition) is 2. The zero-order chi connectivity index (χ0) is 14.0. The minimum Gasteiger partial charge on any atom is -0.389 e. The quantitative estimate of drug-likeness (QED) is 0.894. The molecule has 5 heteroatoms. The van der Waals surface area contributed by atoms with E-state index in [-0.39, 0.29) is 5.91 Å². The lowest BCUT2D eigenvalue weighted by Crippen LogP contribution is -2.35. The van der Waals surface area contributed by atoms with Gasteiger partial charge in [0.15, 0.2) is 0 Å². The number of benzene rings is 1. The van der Waals surface area contributed by atoms with Crippen molar-refractivity contribution in [2.24, 2.45) is 0 Å². The fourth-order valence-corrected chi connectivity index (χ4v) is 2.55. The molecule has 1 aromatic rings. The average Bonchev–Trinajstić information content (AvgIpc) is 2.63. The predicted octanol–water partition coefficient (Wildman–Crippen LogP) is 2.15. The molecule has 0 saturated carbocycles. The van der Waals surface area contributed by atoms with Gasteiger partial charge in [-0.25, -0.2) is 0 Å². The number of hydrogen-bond acceptors (Lipinski definition) is 3. The molecule has 1 atom stereocenters. The molecule has 104 valence electrons. The lowest BCUT2D eigenvalue weighted by molar-refractivity contribution is -0.117. The van der Waals surface area contributed by atoms with Crippen LogP contribution in [0.15, 0.2) is 22.7 Å². The predicted molar refractivity (Wildman–Crippen MR) is 79.2 cm³/mol. The van der Waals surface area contributed by atoms with Crippen molar-refractivity contribution in [1.82, 2.24) is 4.90 Å². The van der Waals surface area contributed by atoms with Crippen molar-refractivity contribution < 1.29 is 9.90 Å². The van der Waals surface area contributed by atoms with Crippen molar-refractivity contribution in [1.29, 1.82) is 0 Å². The van der Waals surface area contributed by atoms with Gasteiger partial charge >= 0.3 is 0 Å². The Morgan fingerprint density at radius 1 is 1.58 bits per heavy atom. The fraction of sp³-hybridized carbons (Fsp3) is 0.500. The van der Waals surface area contributed by atoms with E-state index in [9.17, 15) is 9.90 Å². The van der Waals surface area contributed by atoms with Crippen LogP contribution in [0.1, 0.15) is 18.9 Å². The van der Waals surface area contributed by atoms with Gasteiger partial charge in [-0.15, -0.1) is 0 Å². The summed E-state index contributed by atoms with van der Waals surface area (Å²) < 4.78 is 1.03. The number of carbonyl (C=O) groups excluding carboxylic acids is 1. The second-order valence-electron chi connectivity index (χ2n) is 5.47. The Morgan fingerprint density at radius 3 is 2.89 bits per heavy atom. The van der Waals surface area contributed by atoms with E-state index in [1.54, 1.807) is 0 Å². The van der Waals surface area contributed by atoms with Crippen molar-refractivity contribution in [3.8, 4) is 0 Å². The number of nitrogens with one attached hydrogen (secondary N) is 1. The molecule has 1 heterocycles. The zero-order valence-corrected chi connectivity index (χ0v) is 12.8. The Bertz CT molecular complexity index is 488. The van der Waals surface area contributed by atoms with Gasteiger partial charge in [0.25, 0.3) is 0 Å². The molecule has 1 fully saturated rings. The van der Waals surface area contributed by atoms with E-state index in [0.717, 1.165) is 28.7 Å². The van der Waals surface area contributed by atoms with Crippen LogP contribution >= 0.6 is 15.9 Å². The molecule has 1 saturated heterocycles. The van der Waals surface area contributed by atoms with Gasteiger partial charge in [0.1, 0.15) is 0 Å². The second-order valence-corrected chi connectivity index (χ2v) is 6.32. The van der Waals surface area contributed by atoms with Gasteiger partial charge in [-0.1, -0.05) is 15.9 Å². The van der Waals surface area contributed by atoms with Crippen LogP contribution in [0.25, 0.3) is 0 Å². The summed E-state index contributed by atoms with van der Waals surface area (Å²) in [6, 6.07) is 5.73. The molecular formula is C14H19BrN2O2. The molecule has 0 aliphatic carbocycles. The van der Waals surface area contributed by atoms with Gasteiger partial charge in [0, 0.05) is 23.2 Å². The van der Waals surface area contributed by atoms with Crippen LogP contribution in [0.4, 0.5) is 5.69 Å². The second kappa shape index (κ2) is 5.61. The van der Waals surface area contributed by atoms with Crippen LogP contribution in [0.3, 0.4) is 0 Å². The molecule has 19 heavy (non-hydrogen) atoms. The van der Waals surface area contributed by atoms with Crippen molar-refractivity contribution in [2.75, 3.05) is 25.0 Å². The van der Waals surface area contributed by atoms with Crippen molar-refractivity contribution in [2.45, 2.75) is 25.9 Å². The number of carbonyl (C=O) groups is 1. The standard InChI is InChI=1S/C14H19BrN2O2/c1-10-7-11(3-4-12(10)15)16-13(18)8-17-6-5-14(2,19)9-17/h3-4,7,19H,5-6,8-9H2,1-2H3,(H,16,18). The number of nitrogens with zero attached hydrogens (tertiary/aromatic N) is 1. The van der Waals surface area contributed by atoms with Crippen molar-refractivity contribution in [3.05, 3.63) is 28.2 Å². The van der Waals surface area contributed by atoms with Crippen LogP contribution in [0.2, 0.25) is 0 Å². The van der Waals surface area contributed by atoms with Crippen LogP contribution in [-0.2, 0) is 4.79 Å². The first-order valence-corrected chi connectivity index (χ1v) is 7.16. The molecule has 0 aromatic heterocycles. The summed E-state index contributed by atoms with van der Waals surface area (Å²) in [6.07, 6.45) is 0.720. The number of amides is 1. The van der Waals surface area contributed by atoms with Gasteiger partial charge in [-0.2, -0.15) is 0 Å². The number of aryl methyl sites for hydroxylation is 1. The molecule has 0 radical (unpaired) electrons. The zero-order valence-electron chi connectivity index (χ0n) is 11.2. The number of aliphatic hydroxyl groups is 1. The average molecular weight is 327 g/mol. The molecule has 1 amide bonds. The highest BCUT2D eigenvalue weighted by atomic mass is 79.9. The van der Waals surface area contributed by atoms with E-state index >= 15 is 0 Å². The number of halogens is 1. The number of rotatable bonds is 3. The molecule has 1 aliphatic heterocycles. The molecule has 0 bridgehead atoms. The van der Waals surface area contributed by atoms with E-state index < -0.39 is 5.60 Å². The first-order chi connectivity index (χ1) is 8.85. The summed E-state index contributed by atoms with van der Waals surface area (Å²) in [5.41, 5.74) is 1.23. The molecule has 4 nitrogen and oxygen atoms in total. The first kappa shape index (κ1) is 14.5. The van der Waals surface area contributed by atoms with E-state index in [2.05, 4.69) is 21.2 Å². The maximum atomic E-state index is 11.9. The third-order valence-electron chi connectivity index (χ3n) is 3.34. The maximum Gasteiger partial charge on any atom is 0.238 e. The summed E-state index contributed by atoms with van der Waals surface area (Å²) in [7, 11) is 0. The van der Waals surface area contributed by atoms with Gasteiger partial charge in [-0.3, -0.25) is 9.69 Å². The Hall–Kier alpha value is -0.910. The topological polar surface area (TPSA) is 52.6 Å². The molecule has 1 unspecified atom stereocenters. The highest BCUT2D eigenvalue weighted by Crippen LogP contribution is 2.21. The molecule has 0 spiro atoms. The highest BCUT2D eigenvalue weighted by Gasteiger charge is 2.31. The molecule has 1 aromatic carbocycles. The minimum absolute atomic E-state index is 0.0422. The maximum absolute atomic E-state index is 11.9. The van der Waals surface area contributed by atoms with Crippen molar-refractivity contribution >= 4 is 27.5 Å². The summed E-state index contributed by atoms with van der Waals surface area (Å²) in [4.78, 5) is 13.9. The molecule has 2 N–H and O–H groups in total. The SMILES string of the molecule is Cc1cc(NC(=O)CN2CCC(C)(O)C2)ccc1Br. The Morgan fingerprint density at radius 2 is 2.32 bits per heavy atom. The summed E-state index contributed by atoms with van der Waals surface area (Å²) in [6.45, 7) is 5.44. The minimum atomic E-state index is -0.658. The largest absolute Gasteiger partial charge is 0.389 e. The third-order valence-corrected chi connectivity index (χ3v) is 4.23. The first-order valence-electron chi connectivity index (χ1n) is 6.36. The van der Waals surface area contributed by atoms with Gasteiger partial charge < -0.3 is 10.4 Å². The van der Waals surface area contributed by atoms with Crippen LogP contribution in [-0.4, -0.2) is 41.1 Å². The number of anilines is 1. The van der Waals surface area contributed by atoms with Gasteiger partial charge in [0.05, 0.1) is 12.1 Å². The molecular weight excluding hydrogens is 308 g/mol. The number of likely N-dealkylation sites (tertiary alicyclic amines) is 1. The summed E-state index contributed by atoms with van der Waals surface area (Å²) in [5, 5.41) is 12.7. The molecule has 2 rings (SSSR count). The Labute approximate surface area is 121 Å². The van der Waals surface area contributed by atoms with Crippen molar-refractivity contribution in [3.63, 3.8) is 0 Å².